The van der Waals surface area contributed by atoms with Gasteiger partial charge in [-0.3, -0.25) is 10.1 Å². The standard InChI is InChI=1S/C10H16N4O4S2/c1-11-10-8(14(15)16)7-9(19-10)20(17,18)12-13-5-3-2-4-6-13/h7,11-12H,2-6H2,1H3. The fraction of sp³-hybridized carbons (Fsp3) is 0.600. The number of nitro groups is 1. The molecule has 0 unspecified atom stereocenters. The SMILES string of the molecule is CNc1sc(S(=O)(=O)NN2CCCCC2)cc1[N+](=O)[O-]. The van der Waals surface area contributed by atoms with Crippen LogP contribution in [0.5, 0.6) is 0 Å². The molecule has 1 aliphatic rings. The summed E-state index contributed by atoms with van der Waals surface area (Å²) in [5.74, 6) is 0. The molecule has 8 nitrogen and oxygen atoms in total. The van der Waals surface area contributed by atoms with Crippen molar-refractivity contribution in [2.75, 3.05) is 25.5 Å². The fourth-order valence-electron chi connectivity index (χ4n) is 2.01. The zero-order chi connectivity index (χ0) is 14.8. The number of thiophene rings is 1. The van der Waals surface area contributed by atoms with Crippen LogP contribution in [0.15, 0.2) is 10.3 Å². The molecular formula is C10H16N4O4S2. The number of nitrogens with zero attached hydrogens (tertiary/aromatic N) is 2. The molecule has 2 heterocycles. The zero-order valence-electron chi connectivity index (χ0n) is 11.0. The number of sulfonamides is 1. The second-order valence-corrected chi connectivity index (χ2v) is 7.37. The van der Waals surface area contributed by atoms with Crippen molar-refractivity contribution in [3.05, 3.63) is 16.2 Å². The van der Waals surface area contributed by atoms with Crippen molar-refractivity contribution in [3.8, 4) is 0 Å². The molecule has 112 valence electrons. The number of hydrogen-bond donors (Lipinski definition) is 2. The number of anilines is 1. The van der Waals surface area contributed by atoms with E-state index in [1.807, 2.05) is 0 Å². The van der Waals surface area contributed by atoms with Gasteiger partial charge in [0.25, 0.3) is 10.0 Å². The van der Waals surface area contributed by atoms with Crippen LogP contribution in [0, 0.1) is 10.1 Å². The summed E-state index contributed by atoms with van der Waals surface area (Å²) in [7, 11) is -2.23. The third-order valence-corrected chi connectivity index (χ3v) is 5.97. The summed E-state index contributed by atoms with van der Waals surface area (Å²) < 4.78 is 24.4. The minimum absolute atomic E-state index is 0.0564. The van der Waals surface area contributed by atoms with Gasteiger partial charge in [-0.2, -0.15) is 0 Å². The molecule has 1 fully saturated rings. The van der Waals surface area contributed by atoms with Crippen molar-refractivity contribution in [3.63, 3.8) is 0 Å². The van der Waals surface area contributed by atoms with Crippen molar-refractivity contribution in [1.82, 2.24) is 9.84 Å². The maximum atomic E-state index is 12.2. The summed E-state index contributed by atoms with van der Waals surface area (Å²) >= 11 is 0.853. The highest BCUT2D eigenvalue weighted by Crippen LogP contribution is 2.36. The van der Waals surface area contributed by atoms with Gasteiger partial charge in [-0.15, -0.1) is 4.83 Å². The predicted octanol–water partition coefficient (Wildman–Crippen LogP) is 1.38. The van der Waals surface area contributed by atoms with E-state index in [1.165, 1.54) is 7.05 Å². The van der Waals surface area contributed by atoms with Crippen LogP contribution in [0.2, 0.25) is 0 Å². The quantitative estimate of drug-likeness (QED) is 0.627. The number of hydrazine groups is 1. The van der Waals surface area contributed by atoms with Crippen molar-refractivity contribution in [1.29, 1.82) is 0 Å². The third kappa shape index (κ3) is 3.26. The van der Waals surface area contributed by atoms with Gasteiger partial charge >= 0.3 is 5.69 Å². The van der Waals surface area contributed by atoms with E-state index in [-0.39, 0.29) is 14.9 Å². The van der Waals surface area contributed by atoms with Gasteiger partial charge in [0, 0.05) is 26.2 Å². The van der Waals surface area contributed by atoms with Gasteiger partial charge in [0.05, 0.1) is 4.92 Å². The number of rotatable bonds is 5. The molecule has 20 heavy (non-hydrogen) atoms. The highest BCUT2D eigenvalue weighted by molar-refractivity contribution is 7.91. The summed E-state index contributed by atoms with van der Waals surface area (Å²) in [6.45, 7) is 1.32. The number of nitrogens with one attached hydrogen (secondary N) is 2. The van der Waals surface area contributed by atoms with Crippen LogP contribution in [0.1, 0.15) is 19.3 Å². The Bertz CT molecular complexity index is 592. The Morgan fingerprint density at radius 2 is 2.00 bits per heavy atom. The van der Waals surface area contributed by atoms with Crippen LogP contribution in [0.3, 0.4) is 0 Å². The predicted molar refractivity (Wildman–Crippen MR) is 76.3 cm³/mol. The van der Waals surface area contributed by atoms with Crippen molar-refractivity contribution >= 4 is 32.0 Å². The molecule has 1 aromatic rings. The summed E-state index contributed by atoms with van der Waals surface area (Å²) in [4.78, 5) is 12.7. The Labute approximate surface area is 120 Å². The lowest BCUT2D eigenvalue weighted by atomic mass is 10.2. The molecule has 0 spiro atoms. The second kappa shape index (κ2) is 6.04. The van der Waals surface area contributed by atoms with E-state index < -0.39 is 14.9 Å². The Morgan fingerprint density at radius 3 is 2.50 bits per heavy atom. The molecule has 1 aromatic heterocycles. The van der Waals surface area contributed by atoms with E-state index in [9.17, 15) is 18.5 Å². The summed E-state index contributed by atoms with van der Waals surface area (Å²) in [5, 5.41) is 15.4. The van der Waals surface area contributed by atoms with Crippen LogP contribution in [-0.2, 0) is 10.0 Å². The minimum atomic E-state index is -3.76. The topological polar surface area (TPSA) is 105 Å². The number of piperidine rings is 1. The van der Waals surface area contributed by atoms with Crippen LogP contribution in [0.25, 0.3) is 0 Å². The first-order valence-corrected chi connectivity index (χ1v) is 8.47. The maximum Gasteiger partial charge on any atom is 0.304 e. The molecule has 0 amide bonds. The second-order valence-electron chi connectivity index (χ2n) is 4.43. The van der Waals surface area contributed by atoms with Gasteiger partial charge in [0.2, 0.25) is 0 Å². The van der Waals surface area contributed by atoms with Gasteiger partial charge in [-0.1, -0.05) is 17.8 Å². The van der Waals surface area contributed by atoms with Crippen molar-refractivity contribution in [2.45, 2.75) is 23.5 Å². The number of hydrogen-bond acceptors (Lipinski definition) is 7. The van der Waals surface area contributed by atoms with Crippen molar-refractivity contribution in [2.24, 2.45) is 0 Å². The largest absolute Gasteiger partial charge is 0.374 e. The minimum Gasteiger partial charge on any atom is -0.374 e. The molecule has 0 saturated carbocycles. The van der Waals surface area contributed by atoms with E-state index in [2.05, 4.69) is 10.1 Å². The average molecular weight is 320 g/mol. The Hall–Kier alpha value is -1.23. The normalized spacial score (nSPS) is 17.1. The van der Waals surface area contributed by atoms with E-state index >= 15 is 0 Å². The highest BCUT2D eigenvalue weighted by Gasteiger charge is 2.27. The average Bonchev–Trinajstić information content (AvgIpc) is 2.84. The van der Waals surface area contributed by atoms with Crippen molar-refractivity contribution < 1.29 is 13.3 Å². The monoisotopic (exact) mass is 320 g/mol. The molecule has 0 bridgehead atoms. The molecule has 0 radical (unpaired) electrons. The van der Waals surface area contributed by atoms with Gasteiger partial charge in [0.15, 0.2) is 5.00 Å². The molecular weight excluding hydrogens is 304 g/mol. The van der Waals surface area contributed by atoms with Crippen LogP contribution >= 0.6 is 11.3 Å². The molecule has 1 saturated heterocycles. The zero-order valence-corrected chi connectivity index (χ0v) is 12.6. The smallest absolute Gasteiger partial charge is 0.304 e. The lowest BCUT2D eigenvalue weighted by Crippen LogP contribution is -2.44. The lowest BCUT2D eigenvalue weighted by Gasteiger charge is -2.26. The summed E-state index contributed by atoms with van der Waals surface area (Å²) in [6, 6.07) is 1.09. The lowest BCUT2D eigenvalue weighted by molar-refractivity contribution is -0.383. The molecule has 0 aromatic carbocycles. The van der Waals surface area contributed by atoms with E-state index in [1.54, 1.807) is 5.01 Å². The summed E-state index contributed by atoms with van der Waals surface area (Å²) in [6.07, 6.45) is 2.97. The fourth-order valence-corrected chi connectivity index (χ4v) is 4.40. The Balaban J connectivity index is 2.22. The molecule has 2 N–H and O–H groups in total. The van der Waals surface area contributed by atoms with Crippen LogP contribution < -0.4 is 10.1 Å². The van der Waals surface area contributed by atoms with Crippen LogP contribution in [0.4, 0.5) is 10.7 Å². The maximum absolute atomic E-state index is 12.2. The Morgan fingerprint density at radius 1 is 1.35 bits per heavy atom. The first kappa shape index (κ1) is 15.2. The molecule has 2 rings (SSSR count). The van der Waals surface area contributed by atoms with E-state index in [0.717, 1.165) is 36.7 Å². The van der Waals surface area contributed by atoms with Gasteiger partial charge < -0.3 is 5.32 Å². The first-order valence-electron chi connectivity index (χ1n) is 6.17. The molecule has 1 aliphatic heterocycles. The summed E-state index contributed by atoms with van der Waals surface area (Å²) in [5.41, 5.74) is -0.225. The van der Waals surface area contributed by atoms with E-state index in [0.29, 0.717) is 13.1 Å². The van der Waals surface area contributed by atoms with Gasteiger partial charge in [-0.05, 0) is 12.8 Å². The Kier molecular flexibility index (Phi) is 4.58. The molecule has 10 heteroatoms. The molecule has 0 atom stereocenters. The highest BCUT2D eigenvalue weighted by atomic mass is 32.2. The first-order chi connectivity index (χ1) is 9.44. The van der Waals surface area contributed by atoms with E-state index in [4.69, 9.17) is 0 Å². The third-order valence-electron chi connectivity index (χ3n) is 2.98. The van der Waals surface area contributed by atoms with Gasteiger partial charge in [-0.25, -0.2) is 13.4 Å². The van der Waals surface area contributed by atoms with Gasteiger partial charge in [0.1, 0.15) is 4.21 Å². The van der Waals surface area contributed by atoms with Crippen LogP contribution in [-0.4, -0.2) is 38.5 Å². The molecule has 0 aliphatic carbocycles.